The van der Waals surface area contributed by atoms with E-state index >= 15 is 0 Å². The molecule has 0 bridgehead atoms. The first-order chi connectivity index (χ1) is 11.7. The van der Waals surface area contributed by atoms with E-state index in [9.17, 15) is 18.0 Å². The van der Waals surface area contributed by atoms with E-state index in [1.165, 1.54) is 18.2 Å². The smallest absolute Gasteiger partial charge is 0.372 e. The van der Waals surface area contributed by atoms with Crippen molar-refractivity contribution in [1.82, 2.24) is 10.2 Å². The molecule has 1 fully saturated rings. The molecule has 1 N–H and O–H groups in total. The Kier molecular flexibility index (Phi) is 4.55. The minimum Gasteiger partial charge on any atom is -0.372 e. The second-order valence-corrected chi connectivity index (χ2v) is 6.20. The van der Waals surface area contributed by atoms with Crippen molar-refractivity contribution in [2.75, 3.05) is 18.0 Å². The summed E-state index contributed by atoms with van der Waals surface area (Å²) in [6.07, 6.45) is -4.80. The molecule has 8 heteroatoms. The van der Waals surface area contributed by atoms with Gasteiger partial charge in [0.25, 0.3) is 5.56 Å². The molecule has 5 nitrogen and oxygen atoms in total. The first kappa shape index (κ1) is 17.5. The number of anilines is 1. The normalized spacial score (nSPS) is 21.4. The molecule has 0 saturated carbocycles. The average molecular weight is 353 g/mol. The van der Waals surface area contributed by atoms with Gasteiger partial charge in [0.15, 0.2) is 0 Å². The number of nitrogens with one attached hydrogen (secondary N) is 1. The molecule has 0 unspecified atom stereocenters. The van der Waals surface area contributed by atoms with E-state index in [-0.39, 0.29) is 23.6 Å². The van der Waals surface area contributed by atoms with Crippen molar-refractivity contribution in [3.8, 4) is 11.3 Å². The second kappa shape index (κ2) is 6.51. The first-order valence-corrected chi connectivity index (χ1v) is 7.92. The lowest BCUT2D eigenvalue weighted by Gasteiger charge is -2.38. The number of ether oxygens (including phenoxy) is 1. The molecule has 2 atom stereocenters. The number of nitrogens with zero attached hydrogens (tertiary/aromatic N) is 2. The van der Waals surface area contributed by atoms with Gasteiger partial charge in [0.1, 0.15) is 0 Å². The van der Waals surface area contributed by atoms with Crippen LogP contribution in [0.2, 0.25) is 0 Å². The molecule has 0 amide bonds. The third kappa shape index (κ3) is 3.84. The van der Waals surface area contributed by atoms with Gasteiger partial charge in [0.05, 0.1) is 23.5 Å². The highest BCUT2D eigenvalue weighted by Crippen LogP contribution is 2.39. The summed E-state index contributed by atoms with van der Waals surface area (Å²) in [6.45, 7) is 4.47. The second-order valence-electron chi connectivity index (χ2n) is 6.20. The molecule has 1 aromatic heterocycles. The van der Waals surface area contributed by atoms with Crippen LogP contribution in [0.15, 0.2) is 35.1 Å². The number of hydrogen-bond donors (Lipinski definition) is 1. The molecule has 0 spiro atoms. The van der Waals surface area contributed by atoms with Crippen LogP contribution in [0, 0.1) is 0 Å². The minimum atomic E-state index is -4.50. The fourth-order valence-corrected chi connectivity index (χ4v) is 3.08. The number of aromatic nitrogens is 2. The summed E-state index contributed by atoms with van der Waals surface area (Å²) in [6, 6.07) is 6.73. The van der Waals surface area contributed by atoms with Crippen molar-refractivity contribution in [2.24, 2.45) is 0 Å². The van der Waals surface area contributed by atoms with Gasteiger partial charge in [-0.15, -0.1) is 0 Å². The van der Waals surface area contributed by atoms with E-state index in [4.69, 9.17) is 4.74 Å². The molecule has 1 aliphatic rings. The van der Waals surface area contributed by atoms with Crippen LogP contribution in [0.3, 0.4) is 0 Å². The highest BCUT2D eigenvalue weighted by Gasteiger charge is 2.36. The van der Waals surface area contributed by atoms with Gasteiger partial charge in [-0.3, -0.25) is 4.79 Å². The van der Waals surface area contributed by atoms with Crippen molar-refractivity contribution in [3.05, 3.63) is 46.2 Å². The molecule has 2 aromatic rings. The van der Waals surface area contributed by atoms with Crippen LogP contribution in [0.4, 0.5) is 18.9 Å². The van der Waals surface area contributed by atoms with Crippen LogP contribution in [0.25, 0.3) is 11.3 Å². The molecule has 1 saturated heterocycles. The highest BCUT2D eigenvalue weighted by atomic mass is 19.4. The molecular formula is C17H18F3N3O2. The fraction of sp³-hybridized carbons (Fsp3) is 0.412. The molecular weight excluding hydrogens is 335 g/mol. The number of hydrogen-bond acceptors (Lipinski definition) is 4. The number of aromatic amines is 1. The van der Waals surface area contributed by atoms with Crippen LogP contribution < -0.4 is 10.5 Å². The zero-order valence-electron chi connectivity index (χ0n) is 13.8. The van der Waals surface area contributed by atoms with E-state index in [1.54, 1.807) is 11.0 Å². The lowest BCUT2D eigenvalue weighted by atomic mass is 10.0. The lowest BCUT2D eigenvalue weighted by Crippen LogP contribution is -2.46. The zero-order chi connectivity index (χ0) is 18.2. The van der Waals surface area contributed by atoms with E-state index in [0.717, 1.165) is 6.07 Å². The summed E-state index contributed by atoms with van der Waals surface area (Å²) in [5.74, 6) is 0. The predicted octanol–water partition coefficient (Wildman–Crippen LogP) is 3.07. The van der Waals surface area contributed by atoms with Crippen molar-refractivity contribution in [1.29, 1.82) is 0 Å². The summed E-state index contributed by atoms with van der Waals surface area (Å²) >= 11 is 0. The van der Waals surface area contributed by atoms with Gasteiger partial charge in [-0.05, 0) is 32.0 Å². The van der Waals surface area contributed by atoms with E-state index < -0.39 is 17.3 Å². The predicted molar refractivity (Wildman–Crippen MR) is 87.5 cm³/mol. The Labute approximate surface area is 142 Å². The molecule has 2 heterocycles. The molecule has 1 aromatic carbocycles. The zero-order valence-corrected chi connectivity index (χ0v) is 13.8. The number of H-pyrrole nitrogens is 1. The minimum absolute atomic E-state index is 0.127. The van der Waals surface area contributed by atoms with Crippen molar-refractivity contribution >= 4 is 5.69 Å². The molecule has 3 rings (SSSR count). The number of morpholine rings is 1. The summed E-state index contributed by atoms with van der Waals surface area (Å²) in [4.78, 5) is 12.8. The quantitative estimate of drug-likeness (QED) is 0.902. The van der Waals surface area contributed by atoms with Gasteiger partial charge in [-0.2, -0.15) is 18.3 Å². The molecule has 0 aliphatic carbocycles. The number of benzene rings is 1. The van der Waals surface area contributed by atoms with Gasteiger partial charge in [-0.25, -0.2) is 5.10 Å². The Morgan fingerprint density at radius 2 is 1.84 bits per heavy atom. The molecule has 134 valence electrons. The van der Waals surface area contributed by atoms with Crippen LogP contribution in [0.1, 0.15) is 19.4 Å². The molecule has 1 aliphatic heterocycles. The molecule has 25 heavy (non-hydrogen) atoms. The maximum atomic E-state index is 13.6. The van der Waals surface area contributed by atoms with E-state index in [0.29, 0.717) is 18.7 Å². The maximum Gasteiger partial charge on any atom is 0.418 e. The maximum absolute atomic E-state index is 13.6. The molecule has 0 radical (unpaired) electrons. The van der Waals surface area contributed by atoms with E-state index in [1.807, 2.05) is 13.8 Å². The third-order valence-electron chi connectivity index (χ3n) is 4.04. The fourth-order valence-electron chi connectivity index (χ4n) is 3.08. The van der Waals surface area contributed by atoms with Crippen LogP contribution >= 0.6 is 0 Å². The monoisotopic (exact) mass is 353 g/mol. The number of rotatable bonds is 2. The standard InChI is InChI=1S/C17H18F3N3O2/c1-10-8-23(9-11(2)25-10)15-5-3-12(7-13(15)17(18,19)20)14-4-6-16(24)22-21-14/h3-7,10-11H,8-9H2,1-2H3,(H,22,24)/t10-,11+. The Morgan fingerprint density at radius 1 is 1.16 bits per heavy atom. The van der Waals surface area contributed by atoms with Crippen molar-refractivity contribution in [2.45, 2.75) is 32.2 Å². The van der Waals surface area contributed by atoms with Crippen LogP contribution in [-0.4, -0.2) is 35.5 Å². The Morgan fingerprint density at radius 3 is 2.40 bits per heavy atom. The Hall–Kier alpha value is -2.35. The van der Waals surface area contributed by atoms with Crippen molar-refractivity contribution < 1.29 is 17.9 Å². The number of halogens is 3. The summed E-state index contributed by atoms with van der Waals surface area (Å²) in [5.41, 5.74) is -0.434. The highest BCUT2D eigenvalue weighted by molar-refractivity contribution is 5.67. The summed E-state index contributed by atoms with van der Waals surface area (Å²) in [5, 5.41) is 6.03. The van der Waals surface area contributed by atoms with E-state index in [2.05, 4.69) is 10.2 Å². The van der Waals surface area contributed by atoms with Crippen LogP contribution in [-0.2, 0) is 10.9 Å². The Balaban J connectivity index is 2.04. The average Bonchev–Trinajstić information content (AvgIpc) is 2.53. The van der Waals surface area contributed by atoms with Crippen LogP contribution in [0.5, 0.6) is 0 Å². The Bertz CT molecular complexity index is 789. The SMILES string of the molecule is C[C@@H]1CN(c2ccc(-c3ccc(=O)[nH]n3)cc2C(F)(F)F)C[C@H](C)O1. The largest absolute Gasteiger partial charge is 0.418 e. The van der Waals surface area contributed by atoms with Gasteiger partial charge >= 0.3 is 6.18 Å². The van der Waals surface area contributed by atoms with Gasteiger partial charge in [-0.1, -0.05) is 6.07 Å². The summed E-state index contributed by atoms with van der Waals surface area (Å²) in [7, 11) is 0. The third-order valence-corrected chi connectivity index (χ3v) is 4.04. The van der Waals surface area contributed by atoms with Gasteiger partial charge in [0.2, 0.25) is 0 Å². The first-order valence-electron chi connectivity index (χ1n) is 7.92. The summed E-state index contributed by atoms with van der Waals surface area (Å²) < 4.78 is 46.5. The van der Waals surface area contributed by atoms with Gasteiger partial charge in [0, 0.05) is 30.4 Å². The van der Waals surface area contributed by atoms with Gasteiger partial charge < -0.3 is 9.64 Å². The topological polar surface area (TPSA) is 58.2 Å². The number of alkyl halides is 3. The lowest BCUT2D eigenvalue weighted by molar-refractivity contribution is -0.137. The van der Waals surface area contributed by atoms with Crippen molar-refractivity contribution in [3.63, 3.8) is 0 Å².